The molecule has 2 aliphatic rings. The van der Waals surface area contributed by atoms with Gasteiger partial charge < -0.3 is 15.1 Å². The minimum Gasteiger partial charge on any atom is -0.355 e. The Hall–Kier alpha value is -2.65. The predicted molar refractivity (Wildman–Crippen MR) is 117 cm³/mol. The molecule has 0 radical (unpaired) electrons. The van der Waals surface area contributed by atoms with Gasteiger partial charge in [0.15, 0.2) is 5.82 Å². The summed E-state index contributed by atoms with van der Waals surface area (Å²) < 4.78 is 3.68. The van der Waals surface area contributed by atoms with Gasteiger partial charge in [0.2, 0.25) is 5.91 Å². The highest BCUT2D eigenvalue weighted by Crippen LogP contribution is 2.28. The number of piperazine rings is 1. The number of fused-ring (bicyclic) bond motifs is 1. The van der Waals surface area contributed by atoms with Crippen molar-refractivity contribution in [2.75, 3.05) is 44.2 Å². The average molecular weight is 431 g/mol. The number of aryl methyl sites for hydroxylation is 1. The normalized spacial score (nSPS) is 18.1. The molecule has 3 aromatic rings. The van der Waals surface area contributed by atoms with Gasteiger partial charge in [-0.2, -0.15) is 10.2 Å². The monoisotopic (exact) mass is 430 g/mol. The molecule has 5 heterocycles. The predicted octanol–water partition coefficient (Wildman–Crippen LogP) is 1.20. The molecule has 0 bridgehead atoms. The van der Waals surface area contributed by atoms with Gasteiger partial charge in [-0.3, -0.25) is 9.48 Å². The lowest BCUT2D eigenvalue weighted by Crippen LogP contribution is -2.50. The van der Waals surface area contributed by atoms with Crippen molar-refractivity contribution in [2.45, 2.75) is 12.8 Å². The maximum absolute atomic E-state index is 12.1. The molecule has 9 nitrogen and oxygen atoms in total. The molecule has 1 amide bonds. The van der Waals surface area contributed by atoms with E-state index in [1.165, 1.54) is 0 Å². The van der Waals surface area contributed by atoms with Crippen LogP contribution in [0, 0.1) is 5.92 Å². The summed E-state index contributed by atoms with van der Waals surface area (Å²) in [4.78, 5) is 21.4. The second kappa shape index (κ2) is 8.61. The van der Waals surface area contributed by atoms with Crippen LogP contribution in [0.3, 0.4) is 0 Å². The molecule has 0 unspecified atom stereocenters. The van der Waals surface area contributed by atoms with Crippen LogP contribution in [0.4, 0.5) is 5.82 Å². The molecule has 10 heteroatoms. The molecule has 1 N–H and O–H groups in total. The Balaban J connectivity index is 0.00000218. The molecule has 5 rings (SSSR count). The molecule has 0 spiro atoms. The van der Waals surface area contributed by atoms with Gasteiger partial charge in [-0.1, -0.05) is 0 Å². The maximum atomic E-state index is 12.1. The summed E-state index contributed by atoms with van der Waals surface area (Å²) in [6.07, 6.45) is 9.71. The van der Waals surface area contributed by atoms with Crippen LogP contribution in [0.5, 0.6) is 0 Å². The van der Waals surface area contributed by atoms with E-state index in [-0.39, 0.29) is 18.3 Å². The third kappa shape index (κ3) is 3.99. The highest BCUT2D eigenvalue weighted by molar-refractivity contribution is 5.85. The van der Waals surface area contributed by atoms with Gasteiger partial charge in [0, 0.05) is 51.5 Å². The van der Waals surface area contributed by atoms with E-state index in [2.05, 4.69) is 20.4 Å². The van der Waals surface area contributed by atoms with Crippen molar-refractivity contribution in [3.63, 3.8) is 0 Å². The summed E-state index contributed by atoms with van der Waals surface area (Å²) in [6.45, 7) is 4.95. The Labute approximate surface area is 181 Å². The smallest absolute Gasteiger partial charge is 0.236 e. The SMILES string of the molecule is Cl.Cn1cc(-c2cn3nccc3c(N3CCC(CN4CCNCC4=O)CC3)n2)cn1. The number of nitrogens with zero attached hydrogens (tertiary/aromatic N) is 7. The van der Waals surface area contributed by atoms with Crippen LogP contribution in [-0.4, -0.2) is 74.5 Å². The van der Waals surface area contributed by atoms with Crippen molar-refractivity contribution < 1.29 is 4.79 Å². The second-order valence-electron chi connectivity index (χ2n) is 7.96. The lowest BCUT2D eigenvalue weighted by molar-refractivity contribution is -0.132. The number of anilines is 1. The van der Waals surface area contributed by atoms with Crippen LogP contribution in [-0.2, 0) is 11.8 Å². The van der Waals surface area contributed by atoms with E-state index in [4.69, 9.17) is 4.98 Å². The van der Waals surface area contributed by atoms with E-state index in [0.717, 1.165) is 68.2 Å². The number of carbonyl (C=O) groups is 1. The Morgan fingerprint density at radius 1 is 1.17 bits per heavy atom. The van der Waals surface area contributed by atoms with Crippen LogP contribution in [0.15, 0.2) is 30.9 Å². The van der Waals surface area contributed by atoms with E-state index >= 15 is 0 Å². The third-order valence-electron chi connectivity index (χ3n) is 5.95. The fraction of sp³-hybridized carbons (Fsp3) is 0.500. The number of hydrogen-bond donors (Lipinski definition) is 1. The van der Waals surface area contributed by atoms with E-state index in [1.807, 2.05) is 47.3 Å². The second-order valence-corrected chi connectivity index (χ2v) is 7.96. The first-order chi connectivity index (χ1) is 14.2. The zero-order valence-corrected chi connectivity index (χ0v) is 17.9. The maximum Gasteiger partial charge on any atom is 0.236 e. The van der Waals surface area contributed by atoms with Crippen LogP contribution < -0.4 is 10.2 Å². The van der Waals surface area contributed by atoms with Crippen molar-refractivity contribution >= 4 is 29.6 Å². The van der Waals surface area contributed by atoms with Crippen LogP contribution in [0.2, 0.25) is 0 Å². The number of rotatable bonds is 4. The van der Waals surface area contributed by atoms with Crippen molar-refractivity contribution in [3.05, 3.63) is 30.9 Å². The first kappa shape index (κ1) is 20.6. The number of carbonyl (C=O) groups excluding carboxylic acids is 1. The number of nitrogens with one attached hydrogen (secondary N) is 1. The molecule has 2 saturated heterocycles. The summed E-state index contributed by atoms with van der Waals surface area (Å²) >= 11 is 0. The average Bonchev–Trinajstić information content (AvgIpc) is 3.38. The minimum atomic E-state index is 0. The zero-order chi connectivity index (χ0) is 19.8. The zero-order valence-electron chi connectivity index (χ0n) is 17.1. The first-order valence-electron chi connectivity index (χ1n) is 10.2. The molecule has 2 aliphatic heterocycles. The number of piperidine rings is 1. The van der Waals surface area contributed by atoms with E-state index in [1.54, 1.807) is 4.68 Å². The molecule has 0 saturated carbocycles. The Morgan fingerprint density at radius 2 is 2.00 bits per heavy atom. The number of aromatic nitrogens is 5. The van der Waals surface area contributed by atoms with Crippen LogP contribution in [0.25, 0.3) is 16.8 Å². The van der Waals surface area contributed by atoms with Crippen LogP contribution in [0.1, 0.15) is 12.8 Å². The largest absolute Gasteiger partial charge is 0.355 e. The van der Waals surface area contributed by atoms with Gasteiger partial charge in [0.25, 0.3) is 0 Å². The summed E-state index contributed by atoms with van der Waals surface area (Å²) in [6, 6.07) is 2.01. The molecule has 3 aromatic heterocycles. The highest BCUT2D eigenvalue weighted by atomic mass is 35.5. The third-order valence-corrected chi connectivity index (χ3v) is 5.95. The minimum absolute atomic E-state index is 0. The summed E-state index contributed by atoms with van der Waals surface area (Å²) in [5.74, 6) is 1.75. The Bertz CT molecular complexity index is 1020. The molecule has 30 heavy (non-hydrogen) atoms. The quantitative estimate of drug-likeness (QED) is 0.669. The van der Waals surface area contributed by atoms with Gasteiger partial charge in [-0.15, -0.1) is 12.4 Å². The topological polar surface area (TPSA) is 83.6 Å². The summed E-state index contributed by atoms with van der Waals surface area (Å²) in [5.41, 5.74) is 2.88. The Morgan fingerprint density at radius 3 is 2.73 bits per heavy atom. The van der Waals surface area contributed by atoms with Crippen molar-refractivity contribution in [1.29, 1.82) is 0 Å². The first-order valence-corrected chi connectivity index (χ1v) is 10.2. The van der Waals surface area contributed by atoms with Gasteiger partial charge in [-0.05, 0) is 24.8 Å². The molecular formula is C20H27ClN8O. The summed E-state index contributed by atoms with van der Waals surface area (Å²) in [5, 5.41) is 11.9. The van der Waals surface area contributed by atoms with Gasteiger partial charge in [0.05, 0.1) is 30.8 Å². The standard InChI is InChI=1S/C20H26N8O.ClH/c1-25-13-16(10-23-25)17-14-28-18(2-5-22-28)20(24-17)26-7-3-15(4-8-26)12-27-9-6-21-11-19(27)29;/h2,5,10,13-15,21H,3-4,6-9,11-12H2,1H3;1H. The van der Waals surface area contributed by atoms with E-state index in [9.17, 15) is 4.79 Å². The van der Waals surface area contributed by atoms with Crippen molar-refractivity contribution in [1.82, 2.24) is 34.6 Å². The Kier molecular flexibility index (Phi) is 5.92. The van der Waals surface area contributed by atoms with Gasteiger partial charge in [-0.25, -0.2) is 9.50 Å². The molecular weight excluding hydrogens is 404 g/mol. The van der Waals surface area contributed by atoms with E-state index < -0.39 is 0 Å². The molecule has 2 fully saturated rings. The van der Waals surface area contributed by atoms with Gasteiger partial charge >= 0.3 is 0 Å². The lowest BCUT2D eigenvalue weighted by atomic mass is 9.96. The highest BCUT2D eigenvalue weighted by Gasteiger charge is 2.26. The number of amides is 1. The summed E-state index contributed by atoms with van der Waals surface area (Å²) in [7, 11) is 1.91. The fourth-order valence-electron chi connectivity index (χ4n) is 4.31. The van der Waals surface area contributed by atoms with Gasteiger partial charge in [0.1, 0.15) is 5.52 Å². The number of hydrogen-bond acceptors (Lipinski definition) is 6. The fourth-order valence-corrected chi connectivity index (χ4v) is 4.31. The van der Waals surface area contributed by atoms with Crippen molar-refractivity contribution in [2.24, 2.45) is 13.0 Å². The van der Waals surface area contributed by atoms with E-state index in [0.29, 0.717) is 12.5 Å². The molecule has 0 aliphatic carbocycles. The van der Waals surface area contributed by atoms with Crippen LogP contribution >= 0.6 is 12.4 Å². The molecule has 0 aromatic carbocycles. The molecule has 160 valence electrons. The molecule has 0 atom stereocenters. The lowest BCUT2D eigenvalue weighted by Gasteiger charge is -2.37. The van der Waals surface area contributed by atoms with Crippen molar-refractivity contribution in [3.8, 4) is 11.3 Å². The number of halogens is 1.